The Morgan fingerprint density at radius 3 is 2.85 bits per heavy atom. The molecule has 0 saturated heterocycles. The fourth-order valence-corrected chi connectivity index (χ4v) is 3.07. The average Bonchev–Trinajstić information content (AvgIpc) is 3.08. The van der Waals surface area contributed by atoms with Crippen molar-refractivity contribution in [3.63, 3.8) is 0 Å². The first-order valence-electron chi connectivity index (χ1n) is 8.88. The van der Waals surface area contributed by atoms with Crippen molar-refractivity contribution in [2.75, 3.05) is 11.9 Å². The molecule has 27 heavy (non-hydrogen) atoms. The molecule has 1 aliphatic heterocycles. The van der Waals surface area contributed by atoms with Gasteiger partial charge in [-0.25, -0.2) is 9.67 Å². The number of aromatic nitrogens is 3. The van der Waals surface area contributed by atoms with E-state index in [1.807, 2.05) is 41.1 Å². The summed E-state index contributed by atoms with van der Waals surface area (Å²) in [5, 5.41) is 16.8. The Morgan fingerprint density at radius 1 is 1.26 bits per heavy atom. The van der Waals surface area contributed by atoms with Gasteiger partial charge in [0, 0.05) is 24.7 Å². The minimum atomic E-state index is -1.11. The Bertz CT molecular complexity index is 967. The summed E-state index contributed by atoms with van der Waals surface area (Å²) in [6, 6.07) is 13.6. The number of nitrogens with zero attached hydrogens (tertiary/aromatic N) is 3. The molecule has 0 saturated carbocycles. The number of carbonyl (C=O) groups excluding carboxylic acids is 1. The molecule has 0 spiro atoms. The third-order valence-electron chi connectivity index (χ3n) is 4.39. The summed E-state index contributed by atoms with van der Waals surface area (Å²) < 4.78 is 7.81. The van der Waals surface area contributed by atoms with E-state index in [0.29, 0.717) is 12.4 Å². The van der Waals surface area contributed by atoms with Crippen LogP contribution in [0.4, 0.5) is 5.82 Å². The summed E-state index contributed by atoms with van der Waals surface area (Å²) in [5.74, 6) is 0.587. The predicted octanol–water partition coefficient (Wildman–Crippen LogP) is 2.71. The minimum absolute atomic E-state index is 0.369. The molecule has 138 valence electrons. The topological polar surface area (TPSA) is 89.3 Å². The van der Waals surface area contributed by atoms with Crippen LogP contribution in [0.5, 0.6) is 5.88 Å². The van der Waals surface area contributed by atoms with Gasteiger partial charge in [0.1, 0.15) is 17.6 Å². The van der Waals surface area contributed by atoms with Crippen LogP contribution < -0.4 is 10.1 Å². The maximum absolute atomic E-state index is 11.8. The van der Waals surface area contributed by atoms with Crippen LogP contribution in [0.3, 0.4) is 0 Å². The third kappa shape index (κ3) is 3.41. The molecular formula is C20H20N4O3. The smallest absolute Gasteiger partial charge is 0.254 e. The van der Waals surface area contributed by atoms with E-state index < -0.39 is 12.0 Å². The van der Waals surface area contributed by atoms with Crippen LogP contribution in [0.1, 0.15) is 13.3 Å². The number of amides is 1. The lowest BCUT2D eigenvalue weighted by Crippen LogP contribution is -2.24. The summed E-state index contributed by atoms with van der Waals surface area (Å²) in [4.78, 5) is 16.0. The van der Waals surface area contributed by atoms with Gasteiger partial charge in [-0.3, -0.25) is 4.79 Å². The third-order valence-corrected chi connectivity index (χ3v) is 4.39. The van der Waals surface area contributed by atoms with Crippen molar-refractivity contribution in [3.05, 3.63) is 48.7 Å². The SMILES string of the molecule is C[C@H](O)C(=O)Nc1cc(-c2c(-c3ccccc3)nn3c2OCCC3)ccn1. The first-order valence-corrected chi connectivity index (χ1v) is 8.88. The van der Waals surface area contributed by atoms with Crippen LogP contribution in [-0.2, 0) is 11.3 Å². The van der Waals surface area contributed by atoms with Gasteiger partial charge in [0.15, 0.2) is 0 Å². The number of carbonyl (C=O) groups is 1. The summed E-state index contributed by atoms with van der Waals surface area (Å²) >= 11 is 0. The number of aryl methyl sites for hydroxylation is 1. The molecule has 1 amide bonds. The molecule has 1 atom stereocenters. The summed E-state index contributed by atoms with van der Waals surface area (Å²) in [5.41, 5.74) is 3.53. The Labute approximate surface area is 156 Å². The molecule has 0 aliphatic carbocycles. The molecular weight excluding hydrogens is 344 g/mol. The molecule has 0 unspecified atom stereocenters. The van der Waals surface area contributed by atoms with Crippen LogP contribution in [0.25, 0.3) is 22.4 Å². The highest BCUT2D eigenvalue weighted by Gasteiger charge is 2.24. The number of nitrogens with one attached hydrogen (secondary N) is 1. The molecule has 3 heterocycles. The fourth-order valence-electron chi connectivity index (χ4n) is 3.07. The number of rotatable bonds is 4. The Kier molecular flexibility index (Phi) is 4.60. The number of fused-ring (bicyclic) bond motifs is 1. The van der Waals surface area contributed by atoms with Crippen LogP contribution in [0.15, 0.2) is 48.7 Å². The van der Waals surface area contributed by atoms with E-state index in [0.717, 1.165) is 41.2 Å². The monoisotopic (exact) mass is 364 g/mol. The number of benzene rings is 1. The van der Waals surface area contributed by atoms with Gasteiger partial charge in [-0.1, -0.05) is 30.3 Å². The molecule has 1 aliphatic rings. The largest absolute Gasteiger partial charge is 0.477 e. The van der Waals surface area contributed by atoms with Crippen molar-refractivity contribution >= 4 is 11.7 Å². The highest BCUT2D eigenvalue weighted by atomic mass is 16.5. The van der Waals surface area contributed by atoms with Crippen molar-refractivity contribution in [2.45, 2.75) is 26.0 Å². The lowest BCUT2D eigenvalue weighted by molar-refractivity contribution is -0.123. The highest BCUT2D eigenvalue weighted by molar-refractivity contribution is 5.94. The minimum Gasteiger partial charge on any atom is -0.477 e. The quantitative estimate of drug-likeness (QED) is 0.743. The van der Waals surface area contributed by atoms with Gasteiger partial charge >= 0.3 is 0 Å². The van der Waals surface area contributed by atoms with Crippen molar-refractivity contribution in [1.29, 1.82) is 0 Å². The molecule has 2 aromatic heterocycles. The van der Waals surface area contributed by atoms with Gasteiger partial charge in [-0.2, -0.15) is 5.10 Å². The second-order valence-electron chi connectivity index (χ2n) is 6.41. The van der Waals surface area contributed by atoms with E-state index >= 15 is 0 Å². The highest BCUT2D eigenvalue weighted by Crippen LogP contribution is 2.40. The zero-order valence-corrected chi connectivity index (χ0v) is 14.9. The predicted molar refractivity (Wildman–Crippen MR) is 101 cm³/mol. The van der Waals surface area contributed by atoms with Gasteiger partial charge in [-0.05, 0) is 24.6 Å². The van der Waals surface area contributed by atoms with Gasteiger partial charge < -0.3 is 15.2 Å². The molecule has 7 nitrogen and oxygen atoms in total. The molecule has 0 bridgehead atoms. The van der Waals surface area contributed by atoms with Crippen LogP contribution in [-0.4, -0.2) is 38.5 Å². The molecule has 7 heteroatoms. The number of pyridine rings is 1. The van der Waals surface area contributed by atoms with Gasteiger partial charge in [-0.15, -0.1) is 0 Å². The number of aliphatic hydroxyl groups excluding tert-OH is 1. The number of ether oxygens (including phenoxy) is 1. The van der Waals surface area contributed by atoms with E-state index in [1.165, 1.54) is 6.92 Å². The molecule has 3 aromatic rings. The van der Waals surface area contributed by atoms with Gasteiger partial charge in [0.05, 0.1) is 12.2 Å². The van der Waals surface area contributed by atoms with Crippen molar-refractivity contribution < 1.29 is 14.6 Å². The Hall–Kier alpha value is -3.19. The lowest BCUT2D eigenvalue weighted by Gasteiger charge is -2.16. The fraction of sp³-hybridized carbons (Fsp3) is 0.250. The standard InChI is InChI=1S/C20H20N4O3/c1-13(25)19(26)22-16-12-15(8-9-21-16)17-18(14-6-3-2-4-7-14)23-24-10-5-11-27-20(17)24/h2-4,6-9,12-13,25H,5,10-11H2,1H3,(H,21,22,26)/t13-/m0/s1. The Balaban J connectivity index is 1.81. The van der Waals surface area contributed by atoms with Gasteiger partial charge in [0.25, 0.3) is 5.91 Å². The van der Waals surface area contributed by atoms with Crippen LogP contribution >= 0.6 is 0 Å². The van der Waals surface area contributed by atoms with E-state index in [-0.39, 0.29) is 0 Å². The average molecular weight is 364 g/mol. The van der Waals surface area contributed by atoms with E-state index in [9.17, 15) is 9.90 Å². The lowest BCUT2D eigenvalue weighted by atomic mass is 10.0. The zero-order chi connectivity index (χ0) is 18.8. The molecule has 0 fully saturated rings. The van der Waals surface area contributed by atoms with Crippen LogP contribution in [0, 0.1) is 0 Å². The summed E-state index contributed by atoms with van der Waals surface area (Å²) in [6.07, 6.45) is 1.42. The van der Waals surface area contributed by atoms with Crippen LogP contribution in [0.2, 0.25) is 0 Å². The number of hydrogen-bond donors (Lipinski definition) is 2. The van der Waals surface area contributed by atoms with Crippen molar-refractivity contribution in [2.24, 2.45) is 0 Å². The molecule has 4 rings (SSSR count). The summed E-state index contributed by atoms with van der Waals surface area (Å²) in [6.45, 7) is 2.85. The maximum Gasteiger partial charge on any atom is 0.254 e. The first kappa shape index (κ1) is 17.2. The van der Waals surface area contributed by atoms with E-state index in [2.05, 4.69) is 10.3 Å². The van der Waals surface area contributed by atoms with Crippen molar-refractivity contribution in [1.82, 2.24) is 14.8 Å². The number of aliphatic hydroxyl groups is 1. The zero-order valence-electron chi connectivity index (χ0n) is 14.9. The van der Waals surface area contributed by atoms with Crippen molar-refractivity contribution in [3.8, 4) is 28.3 Å². The van der Waals surface area contributed by atoms with E-state index in [4.69, 9.17) is 9.84 Å². The van der Waals surface area contributed by atoms with Gasteiger partial charge in [0.2, 0.25) is 5.88 Å². The maximum atomic E-state index is 11.8. The normalized spacial score (nSPS) is 14.1. The first-order chi connectivity index (χ1) is 13.1. The van der Waals surface area contributed by atoms with E-state index in [1.54, 1.807) is 12.3 Å². The molecule has 1 aromatic carbocycles. The second kappa shape index (κ2) is 7.20. The Morgan fingerprint density at radius 2 is 2.07 bits per heavy atom. The number of hydrogen-bond acceptors (Lipinski definition) is 5. The molecule has 2 N–H and O–H groups in total. The summed E-state index contributed by atoms with van der Waals surface area (Å²) in [7, 11) is 0. The number of anilines is 1. The molecule has 0 radical (unpaired) electrons. The second-order valence-corrected chi connectivity index (χ2v) is 6.41.